The van der Waals surface area contributed by atoms with Crippen molar-refractivity contribution < 1.29 is 9.53 Å². The van der Waals surface area contributed by atoms with E-state index in [0.717, 1.165) is 20.5 Å². The molecule has 4 aromatic rings. The van der Waals surface area contributed by atoms with E-state index in [9.17, 15) is 9.59 Å². The number of hydrogen-bond donors (Lipinski definition) is 1. The molecule has 0 spiro atoms. The molecule has 0 fully saturated rings. The van der Waals surface area contributed by atoms with Crippen molar-refractivity contribution >= 4 is 43.1 Å². The van der Waals surface area contributed by atoms with Crippen molar-refractivity contribution in [1.82, 2.24) is 9.78 Å². The van der Waals surface area contributed by atoms with Gasteiger partial charge in [-0.25, -0.2) is 4.68 Å². The number of aryl methyl sites for hydroxylation is 1. The van der Waals surface area contributed by atoms with E-state index in [4.69, 9.17) is 4.74 Å². The van der Waals surface area contributed by atoms with Gasteiger partial charge in [0.1, 0.15) is 11.8 Å². The van der Waals surface area contributed by atoms with Gasteiger partial charge < -0.3 is 10.1 Å². The molecular weight excluding hydrogens is 386 g/mol. The molecule has 1 atom stereocenters. The molecule has 6 nitrogen and oxygen atoms in total. The zero-order valence-corrected chi connectivity index (χ0v) is 17.2. The number of carbonyl (C=O) groups excluding carboxylic acids is 1. The smallest absolute Gasteiger partial charge is 0.276 e. The summed E-state index contributed by atoms with van der Waals surface area (Å²) in [5.74, 6) is 0.363. The van der Waals surface area contributed by atoms with E-state index in [0.29, 0.717) is 23.2 Å². The summed E-state index contributed by atoms with van der Waals surface area (Å²) >= 11 is 1.56. The quantitative estimate of drug-likeness (QED) is 0.528. The van der Waals surface area contributed by atoms with Gasteiger partial charge in [0.2, 0.25) is 5.91 Å². The number of anilines is 1. The fourth-order valence-electron chi connectivity index (χ4n) is 3.49. The van der Waals surface area contributed by atoms with Gasteiger partial charge in [-0.2, -0.15) is 5.10 Å². The number of fused-ring (bicyclic) bond motifs is 3. The summed E-state index contributed by atoms with van der Waals surface area (Å²) in [6.45, 7) is 3.75. The average Bonchev–Trinajstić information content (AvgIpc) is 3.13. The van der Waals surface area contributed by atoms with Crippen LogP contribution in [-0.2, 0) is 4.79 Å². The second kappa shape index (κ2) is 7.67. The zero-order valence-electron chi connectivity index (χ0n) is 16.4. The third-order valence-electron chi connectivity index (χ3n) is 4.93. The molecule has 0 saturated heterocycles. The Balaban J connectivity index is 1.79. The van der Waals surface area contributed by atoms with Crippen molar-refractivity contribution in [3.8, 4) is 5.75 Å². The number of benzene rings is 2. The van der Waals surface area contributed by atoms with Crippen molar-refractivity contribution in [3.63, 3.8) is 0 Å². The van der Waals surface area contributed by atoms with Crippen LogP contribution in [0.5, 0.6) is 5.75 Å². The van der Waals surface area contributed by atoms with Gasteiger partial charge in [-0.05, 0) is 31.5 Å². The van der Waals surface area contributed by atoms with Crippen LogP contribution in [0.2, 0.25) is 0 Å². The van der Waals surface area contributed by atoms with Crippen LogP contribution in [0, 0.1) is 6.92 Å². The molecule has 0 aliphatic carbocycles. The van der Waals surface area contributed by atoms with Crippen molar-refractivity contribution in [2.45, 2.75) is 26.3 Å². The molecule has 0 aliphatic heterocycles. The number of rotatable bonds is 5. The summed E-state index contributed by atoms with van der Waals surface area (Å²) in [5.41, 5.74) is 1.11. The molecule has 2 aromatic heterocycles. The molecule has 0 aliphatic rings. The van der Waals surface area contributed by atoms with Crippen LogP contribution in [0.3, 0.4) is 0 Å². The van der Waals surface area contributed by atoms with Crippen LogP contribution in [0.15, 0.2) is 53.3 Å². The largest absolute Gasteiger partial charge is 0.497 e. The van der Waals surface area contributed by atoms with Gasteiger partial charge >= 0.3 is 0 Å². The highest BCUT2D eigenvalue weighted by Crippen LogP contribution is 2.33. The van der Waals surface area contributed by atoms with Gasteiger partial charge in [-0.15, -0.1) is 11.3 Å². The van der Waals surface area contributed by atoms with Crippen LogP contribution in [0.1, 0.15) is 25.1 Å². The van der Waals surface area contributed by atoms with Crippen molar-refractivity contribution in [1.29, 1.82) is 0 Å². The molecule has 2 heterocycles. The predicted octanol–water partition coefficient (Wildman–Crippen LogP) is 4.52. The number of thiophene rings is 1. The maximum Gasteiger partial charge on any atom is 0.276 e. The van der Waals surface area contributed by atoms with E-state index in [1.54, 1.807) is 42.7 Å². The van der Waals surface area contributed by atoms with Gasteiger partial charge in [0.15, 0.2) is 0 Å². The Morgan fingerprint density at radius 1 is 1.24 bits per heavy atom. The number of nitrogens with one attached hydrogen (secondary N) is 1. The lowest BCUT2D eigenvalue weighted by Gasteiger charge is -2.18. The van der Waals surface area contributed by atoms with E-state index in [1.807, 2.05) is 38.1 Å². The van der Waals surface area contributed by atoms with Crippen molar-refractivity contribution in [2.24, 2.45) is 0 Å². The minimum Gasteiger partial charge on any atom is -0.497 e. The Hall–Kier alpha value is -3.19. The van der Waals surface area contributed by atoms with Crippen LogP contribution < -0.4 is 15.6 Å². The average molecular weight is 407 g/mol. The second-order valence-corrected chi connectivity index (χ2v) is 7.83. The first-order valence-electron chi connectivity index (χ1n) is 9.39. The molecule has 148 valence electrons. The van der Waals surface area contributed by atoms with E-state index in [2.05, 4.69) is 10.4 Å². The molecule has 0 bridgehead atoms. The van der Waals surface area contributed by atoms with Gasteiger partial charge in [0.25, 0.3) is 5.56 Å². The van der Waals surface area contributed by atoms with Crippen LogP contribution in [-0.4, -0.2) is 22.8 Å². The maximum atomic E-state index is 13.3. The Labute approximate surface area is 171 Å². The van der Waals surface area contributed by atoms with E-state index in [-0.39, 0.29) is 11.5 Å². The van der Waals surface area contributed by atoms with E-state index >= 15 is 0 Å². The summed E-state index contributed by atoms with van der Waals surface area (Å²) < 4.78 is 8.44. The van der Waals surface area contributed by atoms with Crippen LogP contribution >= 0.6 is 11.3 Å². The number of carbonyl (C=O) groups is 1. The minimum absolute atomic E-state index is 0.240. The lowest BCUT2D eigenvalue weighted by atomic mass is 10.1. The van der Waals surface area contributed by atoms with Gasteiger partial charge in [0.05, 0.1) is 22.9 Å². The van der Waals surface area contributed by atoms with E-state index < -0.39 is 6.04 Å². The van der Waals surface area contributed by atoms with Gasteiger partial charge in [-0.1, -0.05) is 31.2 Å². The number of ether oxygens (including phenoxy) is 1. The SMILES string of the molecule is CC[C@H](C(=O)Nc1cccc(OC)c1)n1nc(C)c2sc3ccccc3c2c1=O. The molecule has 2 aromatic carbocycles. The summed E-state index contributed by atoms with van der Waals surface area (Å²) in [6, 6.07) is 14.2. The molecule has 0 radical (unpaired) electrons. The molecule has 4 rings (SSSR count). The first-order chi connectivity index (χ1) is 14.0. The summed E-state index contributed by atoms with van der Waals surface area (Å²) in [6.07, 6.45) is 0.440. The van der Waals surface area contributed by atoms with Crippen LogP contribution in [0.25, 0.3) is 20.2 Å². The number of aromatic nitrogens is 2. The molecule has 1 N–H and O–H groups in total. The van der Waals surface area contributed by atoms with Crippen LogP contribution in [0.4, 0.5) is 5.69 Å². The highest BCUT2D eigenvalue weighted by atomic mass is 32.1. The monoisotopic (exact) mass is 407 g/mol. The normalized spacial score (nSPS) is 12.2. The Kier molecular flexibility index (Phi) is 5.07. The topological polar surface area (TPSA) is 73.2 Å². The highest BCUT2D eigenvalue weighted by molar-refractivity contribution is 7.26. The minimum atomic E-state index is -0.713. The fourth-order valence-corrected chi connectivity index (χ4v) is 4.62. The van der Waals surface area contributed by atoms with Gasteiger partial charge in [-0.3, -0.25) is 9.59 Å². The first kappa shape index (κ1) is 19.1. The second-order valence-electron chi connectivity index (χ2n) is 6.78. The third kappa shape index (κ3) is 3.38. The number of nitrogens with zero attached hydrogens (tertiary/aromatic N) is 2. The molecule has 7 heteroatoms. The molecule has 0 saturated carbocycles. The highest BCUT2D eigenvalue weighted by Gasteiger charge is 2.24. The van der Waals surface area contributed by atoms with Crippen molar-refractivity contribution in [2.75, 3.05) is 12.4 Å². The Morgan fingerprint density at radius 3 is 2.79 bits per heavy atom. The summed E-state index contributed by atoms with van der Waals surface area (Å²) in [4.78, 5) is 26.3. The maximum absolute atomic E-state index is 13.3. The molecule has 29 heavy (non-hydrogen) atoms. The zero-order chi connectivity index (χ0) is 20.5. The van der Waals surface area contributed by atoms with Gasteiger partial charge in [0, 0.05) is 21.8 Å². The number of methoxy groups -OCH3 is 1. The Bertz CT molecular complexity index is 1280. The van der Waals surface area contributed by atoms with E-state index in [1.165, 1.54) is 4.68 Å². The number of amides is 1. The Morgan fingerprint density at radius 2 is 2.03 bits per heavy atom. The molecule has 1 amide bonds. The lowest BCUT2D eigenvalue weighted by Crippen LogP contribution is -2.35. The molecular formula is C22H21N3O3S. The first-order valence-corrected chi connectivity index (χ1v) is 10.2. The summed E-state index contributed by atoms with van der Waals surface area (Å²) in [5, 5.41) is 8.90. The summed E-state index contributed by atoms with van der Waals surface area (Å²) in [7, 11) is 1.57. The lowest BCUT2D eigenvalue weighted by molar-refractivity contribution is -0.119. The number of hydrogen-bond acceptors (Lipinski definition) is 5. The fraction of sp³-hybridized carbons (Fsp3) is 0.227. The standard InChI is InChI=1S/C22H21N3O3S/c1-4-17(21(26)23-14-8-7-9-15(12-14)28-3)25-22(27)19-16-10-5-6-11-18(16)29-20(19)13(2)24-25/h5-12,17H,4H2,1-3H3,(H,23,26)/t17-/m1/s1. The predicted molar refractivity (Wildman–Crippen MR) is 117 cm³/mol. The van der Waals surface area contributed by atoms with Crippen molar-refractivity contribution in [3.05, 3.63) is 64.6 Å². The third-order valence-corrected chi connectivity index (χ3v) is 6.21. The molecule has 0 unspecified atom stereocenters.